The summed E-state index contributed by atoms with van der Waals surface area (Å²) in [5.74, 6) is -0.383. The molecule has 1 amide bonds. The number of benzene rings is 2. The van der Waals surface area contributed by atoms with Crippen molar-refractivity contribution in [2.24, 2.45) is 0 Å². The zero-order chi connectivity index (χ0) is 22.0. The van der Waals surface area contributed by atoms with Crippen molar-refractivity contribution in [3.05, 3.63) is 94.9 Å². The van der Waals surface area contributed by atoms with Gasteiger partial charge in [0.05, 0.1) is 5.56 Å². The number of nitrogens with one attached hydrogen (secondary N) is 1. The molecular weight excluding hydrogens is 392 g/mol. The Balaban J connectivity index is 1.63. The van der Waals surface area contributed by atoms with Crippen LogP contribution in [-0.2, 0) is 9.53 Å². The molecule has 31 heavy (non-hydrogen) atoms. The predicted octanol–water partition coefficient (Wildman–Crippen LogP) is 4.19. The third-order valence-electron chi connectivity index (χ3n) is 5.02. The lowest BCUT2D eigenvalue weighted by Crippen LogP contribution is -2.26. The minimum atomic E-state index is -1.11. The maximum atomic E-state index is 13.2. The van der Waals surface area contributed by atoms with E-state index in [9.17, 15) is 9.59 Å². The zero-order valence-corrected chi connectivity index (χ0v) is 17.5. The van der Waals surface area contributed by atoms with E-state index in [-0.39, 0.29) is 0 Å². The fourth-order valence-corrected chi connectivity index (χ4v) is 3.27. The highest BCUT2D eigenvalue weighted by Gasteiger charge is 2.26. The largest absolute Gasteiger partial charge is 0.444 e. The molecule has 0 saturated carbocycles. The van der Waals surface area contributed by atoms with Crippen molar-refractivity contribution < 1.29 is 14.3 Å². The Bertz CT molecular complexity index is 1260. The average molecular weight is 414 g/mol. The van der Waals surface area contributed by atoms with Crippen molar-refractivity contribution in [3.8, 4) is 0 Å². The third-order valence-corrected chi connectivity index (χ3v) is 5.02. The molecule has 2 aromatic heterocycles. The molecule has 4 aromatic rings. The van der Waals surface area contributed by atoms with E-state index in [2.05, 4.69) is 15.5 Å². The van der Waals surface area contributed by atoms with Crippen LogP contribution >= 0.6 is 0 Å². The molecule has 7 heteroatoms. The minimum Gasteiger partial charge on any atom is -0.444 e. The molecule has 0 aliphatic heterocycles. The maximum absolute atomic E-state index is 13.2. The Morgan fingerprint density at radius 3 is 2.52 bits per heavy atom. The highest BCUT2D eigenvalue weighted by atomic mass is 16.5. The number of rotatable bonds is 5. The second-order valence-electron chi connectivity index (χ2n) is 7.40. The minimum absolute atomic E-state index is 0.302. The zero-order valence-electron chi connectivity index (χ0n) is 17.5. The van der Waals surface area contributed by atoms with E-state index >= 15 is 0 Å². The first-order valence-corrected chi connectivity index (χ1v) is 9.88. The van der Waals surface area contributed by atoms with Gasteiger partial charge in [-0.3, -0.25) is 9.20 Å². The Labute approximate surface area is 179 Å². The van der Waals surface area contributed by atoms with Crippen LogP contribution in [0.3, 0.4) is 0 Å². The summed E-state index contributed by atoms with van der Waals surface area (Å²) in [5, 5.41) is 10.9. The number of carbonyl (C=O) groups is 2. The smallest absolute Gasteiger partial charge is 0.340 e. The number of nitrogens with zero attached hydrogens (tertiary/aromatic N) is 3. The molecule has 0 fully saturated rings. The summed E-state index contributed by atoms with van der Waals surface area (Å²) in [7, 11) is 0. The van der Waals surface area contributed by atoms with Gasteiger partial charge in [-0.15, -0.1) is 10.2 Å². The number of aromatic nitrogens is 3. The van der Waals surface area contributed by atoms with Crippen molar-refractivity contribution >= 4 is 23.2 Å². The fourth-order valence-electron chi connectivity index (χ4n) is 3.27. The number of hydrogen-bond donors (Lipinski definition) is 1. The van der Waals surface area contributed by atoms with Gasteiger partial charge in [-0.1, -0.05) is 42.5 Å². The quantitative estimate of drug-likeness (QED) is 0.495. The molecule has 0 saturated heterocycles. The summed E-state index contributed by atoms with van der Waals surface area (Å²) in [4.78, 5) is 26.1. The lowest BCUT2D eigenvalue weighted by atomic mass is 10.1. The fraction of sp³-hybridized carbons (Fsp3) is 0.167. The maximum Gasteiger partial charge on any atom is 0.340 e. The Morgan fingerprint density at radius 1 is 0.968 bits per heavy atom. The van der Waals surface area contributed by atoms with Crippen LogP contribution in [0.4, 0.5) is 5.69 Å². The molecule has 4 rings (SSSR count). The van der Waals surface area contributed by atoms with E-state index in [0.29, 0.717) is 28.3 Å². The van der Waals surface area contributed by atoms with Crippen LogP contribution in [0.1, 0.15) is 39.0 Å². The van der Waals surface area contributed by atoms with Crippen molar-refractivity contribution in [1.82, 2.24) is 14.6 Å². The van der Waals surface area contributed by atoms with Gasteiger partial charge in [0.25, 0.3) is 5.91 Å². The number of esters is 1. The average Bonchev–Trinajstić information content (AvgIpc) is 3.15. The van der Waals surface area contributed by atoms with Gasteiger partial charge in [0, 0.05) is 17.4 Å². The Kier molecular flexibility index (Phi) is 5.49. The number of hydrogen-bond acceptors (Lipinski definition) is 5. The first kappa shape index (κ1) is 20.3. The van der Waals surface area contributed by atoms with Gasteiger partial charge in [0.2, 0.25) is 6.10 Å². The summed E-state index contributed by atoms with van der Waals surface area (Å²) < 4.78 is 7.39. The van der Waals surface area contributed by atoms with E-state index < -0.39 is 18.0 Å². The summed E-state index contributed by atoms with van der Waals surface area (Å²) in [6, 6.07) is 18.0. The van der Waals surface area contributed by atoms with Crippen LogP contribution in [0.25, 0.3) is 5.65 Å². The molecule has 2 heterocycles. The second kappa shape index (κ2) is 8.39. The van der Waals surface area contributed by atoms with E-state index in [0.717, 1.165) is 11.1 Å². The van der Waals surface area contributed by atoms with Gasteiger partial charge in [-0.25, -0.2) is 4.79 Å². The summed E-state index contributed by atoms with van der Waals surface area (Å²) in [6.07, 6.45) is 0.504. The number of aryl methyl sites for hydroxylation is 3. The Hall–Kier alpha value is -4.00. The monoisotopic (exact) mass is 414 g/mol. The van der Waals surface area contributed by atoms with Crippen LogP contribution in [0, 0.1) is 20.8 Å². The predicted molar refractivity (Wildman–Crippen MR) is 117 cm³/mol. The van der Waals surface area contributed by atoms with Gasteiger partial charge >= 0.3 is 5.97 Å². The van der Waals surface area contributed by atoms with Gasteiger partial charge in [0.15, 0.2) is 5.65 Å². The lowest BCUT2D eigenvalue weighted by molar-refractivity contribution is -0.125. The van der Waals surface area contributed by atoms with Crippen molar-refractivity contribution in [2.75, 3.05) is 5.32 Å². The second-order valence-corrected chi connectivity index (χ2v) is 7.40. The summed E-state index contributed by atoms with van der Waals surface area (Å²) >= 11 is 0. The van der Waals surface area contributed by atoms with Crippen LogP contribution in [0.5, 0.6) is 0 Å². The molecule has 1 unspecified atom stereocenters. The van der Waals surface area contributed by atoms with Crippen LogP contribution in [0.2, 0.25) is 0 Å². The number of fused-ring (bicyclic) bond motifs is 1. The number of anilines is 1. The normalized spacial score (nSPS) is 11.8. The lowest BCUT2D eigenvalue weighted by Gasteiger charge is -2.19. The highest BCUT2D eigenvalue weighted by Crippen LogP contribution is 2.24. The van der Waals surface area contributed by atoms with Crippen molar-refractivity contribution in [1.29, 1.82) is 0 Å². The number of carbonyl (C=O) groups excluding carboxylic acids is 2. The van der Waals surface area contributed by atoms with E-state index in [4.69, 9.17) is 4.74 Å². The molecule has 0 aliphatic rings. The third kappa shape index (κ3) is 4.30. The molecule has 0 bridgehead atoms. The summed E-state index contributed by atoms with van der Waals surface area (Å²) in [5.41, 5.74) is 4.14. The van der Waals surface area contributed by atoms with Crippen molar-refractivity contribution in [3.63, 3.8) is 0 Å². The molecule has 1 atom stereocenters. The topological polar surface area (TPSA) is 85.6 Å². The molecule has 0 radical (unpaired) electrons. The molecular formula is C24H22N4O3. The van der Waals surface area contributed by atoms with E-state index in [1.807, 2.05) is 38.1 Å². The molecule has 7 nitrogen and oxygen atoms in total. The first-order chi connectivity index (χ1) is 14.9. The highest BCUT2D eigenvalue weighted by molar-refractivity contribution is 5.98. The van der Waals surface area contributed by atoms with Gasteiger partial charge in [-0.05, 0) is 50.1 Å². The number of ether oxygens (including phenoxy) is 1. The van der Waals surface area contributed by atoms with E-state index in [1.54, 1.807) is 53.9 Å². The van der Waals surface area contributed by atoms with Crippen LogP contribution in [-0.4, -0.2) is 26.5 Å². The van der Waals surface area contributed by atoms with Gasteiger partial charge < -0.3 is 10.1 Å². The standard InChI is InChI=1S/C24H22N4O3/c1-15-9-10-16(2)20(13-15)25-23(29)22(18-7-5-4-6-8-18)31-24(30)19-11-12-21-27-26-17(3)28(21)14-19/h4-14,22H,1-3H3,(H,25,29). The molecule has 156 valence electrons. The summed E-state index contributed by atoms with van der Waals surface area (Å²) in [6.45, 7) is 5.65. The number of pyridine rings is 1. The molecule has 2 aromatic carbocycles. The Morgan fingerprint density at radius 2 is 1.74 bits per heavy atom. The molecule has 1 N–H and O–H groups in total. The van der Waals surface area contributed by atoms with Crippen molar-refractivity contribution in [2.45, 2.75) is 26.9 Å². The number of amides is 1. The van der Waals surface area contributed by atoms with Crippen LogP contribution in [0.15, 0.2) is 66.9 Å². The van der Waals surface area contributed by atoms with Gasteiger partial charge in [0.1, 0.15) is 5.82 Å². The van der Waals surface area contributed by atoms with E-state index in [1.165, 1.54) is 0 Å². The SMILES string of the molecule is Cc1ccc(C)c(NC(=O)C(OC(=O)c2ccc3nnc(C)n3c2)c2ccccc2)c1. The molecule has 0 spiro atoms. The molecule has 0 aliphatic carbocycles. The van der Waals surface area contributed by atoms with Gasteiger partial charge in [-0.2, -0.15) is 0 Å². The van der Waals surface area contributed by atoms with Crippen LogP contribution < -0.4 is 5.32 Å². The first-order valence-electron chi connectivity index (χ1n) is 9.88.